The van der Waals surface area contributed by atoms with E-state index in [1.807, 2.05) is 65.0 Å². The van der Waals surface area contributed by atoms with Crippen molar-refractivity contribution in [3.63, 3.8) is 0 Å². The molecule has 48 heavy (non-hydrogen) atoms. The van der Waals surface area contributed by atoms with Gasteiger partial charge in [-0.3, -0.25) is 13.9 Å². The molecule has 0 aromatic heterocycles. The number of ether oxygens (including phenoxy) is 1. The van der Waals surface area contributed by atoms with Crippen LogP contribution in [-0.2, 0) is 32.6 Å². The Morgan fingerprint density at radius 3 is 2.04 bits per heavy atom. The molecular weight excluding hydrogens is 669 g/mol. The third-order valence-corrected chi connectivity index (χ3v) is 10.1. The van der Waals surface area contributed by atoms with Gasteiger partial charge >= 0.3 is 0 Å². The standard InChI is InChI=1S/C37H41Cl2N3O5S/c1-25-15-18-28(19-16-25)48(45,46)42(32-21-26(2)17-20-34(32)47-6)24-35(43)41(23-29-30(38)13-10-14-31(29)39)33(36(44)40-37(3,4)5)22-27-11-8-7-9-12-27/h7-21,33H,22-24H2,1-6H3,(H,40,44). The van der Waals surface area contributed by atoms with Gasteiger partial charge in [0.05, 0.1) is 17.7 Å². The normalized spacial score (nSPS) is 12.2. The van der Waals surface area contributed by atoms with E-state index in [9.17, 15) is 18.0 Å². The van der Waals surface area contributed by atoms with Crippen LogP contribution in [0.1, 0.15) is 43.0 Å². The number of carbonyl (C=O) groups excluding carboxylic acids is 2. The topological polar surface area (TPSA) is 96.0 Å². The minimum Gasteiger partial charge on any atom is -0.495 e. The van der Waals surface area contributed by atoms with Crippen LogP contribution in [0.4, 0.5) is 5.69 Å². The first kappa shape index (κ1) is 36.8. The van der Waals surface area contributed by atoms with E-state index < -0.39 is 40.0 Å². The van der Waals surface area contributed by atoms with Gasteiger partial charge in [0.25, 0.3) is 10.0 Å². The first-order valence-corrected chi connectivity index (χ1v) is 17.6. The van der Waals surface area contributed by atoms with Crippen LogP contribution in [-0.4, -0.2) is 50.4 Å². The molecule has 1 atom stereocenters. The summed E-state index contributed by atoms with van der Waals surface area (Å²) in [5.41, 5.74) is 2.42. The smallest absolute Gasteiger partial charge is 0.264 e. The number of hydrogen-bond acceptors (Lipinski definition) is 5. The molecule has 254 valence electrons. The Balaban J connectivity index is 1.90. The lowest BCUT2D eigenvalue weighted by atomic mass is 10.0. The summed E-state index contributed by atoms with van der Waals surface area (Å²) in [4.78, 5) is 30.2. The van der Waals surface area contributed by atoms with E-state index in [4.69, 9.17) is 27.9 Å². The summed E-state index contributed by atoms with van der Waals surface area (Å²) in [5.74, 6) is -0.796. The van der Waals surface area contributed by atoms with Crippen LogP contribution in [0.5, 0.6) is 5.75 Å². The third-order valence-electron chi connectivity index (χ3n) is 7.65. The average Bonchev–Trinajstić information content (AvgIpc) is 3.02. The summed E-state index contributed by atoms with van der Waals surface area (Å²) in [6, 6.07) is 24.7. The molecule has 4 rings (SSSR count). The second-order valence-corrected chi connectivity index (χ2v) is 15.3. The molecule has 0 radical (unpaired) electrons. The minimum atomic E-state index is -4.32. The van der Waals surface area contributed by atoms with Crippen molar-refractivity contribution in [1.29, 1.82) is 0 Å². The van der Waals surface area contributed by atoms with Crippen molar-refractivity contribution in [2.45, 2.75) is 64.1 Å². The van der Waals surface area contributed by atoms with Crippen molar-refractivity contribution in [3.05, 3.63) is 123 Å². The van der Waals surface area contributed by atoms with E-state index in [-0.39, 0.29) is 29.3 Å². The molecule has 2 amide bonds. The summed E-state index contributed by atoms with van der Waals surface area (Å²) >= 11 is 13.2. The molecule has 11 heteroatoms. The number of sulfonamides is 1. The van der Waals surface area contributed by atoms with Gasteiger partial charge < -0.3 is 15.0 Å². The van der Waals surface area contributed by atoms with Gasteiger partial charge in [0.2, 0.25) is 11.8 Å². The highest BCUT2D eigenvalue weighted by atomic mass is 35.5. The van der Waals surface area contributed by atoms with Crippen LogP contribution in [0.25, 0.3) is 0 Å². The molecular formula is C37H41Cl2N3O5S. The van der Waals surface area contributed by atoms with Crippen LogP contribution in [0.3, 0.4) is 0 Å². The maximum absolute atomic E-state index is 14.8. The van der Waals surface area contributed by atoms with Gasteiger partial charge in [-0.15, -0.1) is 0 Å². The number of nitrogens with zero attached hydrogens (tertiary/aromatic N) is 2. The Hall–Kier alpha value is -4.05. The first-order chi connectivity index (χ1) is 22.6. The monoisotopic (exact) mass is 709 g/mol. The molecule has 0 saturated carbocycles. The molecule has 0 aliphatic heterocycles. The number of amides is 2. The molecule has 0 bridgehead atoms. The van der Waals surface area contributed by atoms with Crippen molar-refractivity contribution >= 4 is 50.7 Å². The molecule has 0 saturated heterocycles. The Morgan fingerprint density at radius 2 is 1.46 bits per heavy atom. The maximum Gasteiger partial charge on any atom is 0.264 e. The minimum absolute atomic E-state index is 0.00327. The highest BCUT2D eigenvalue weighted by Gasteiger charge is 2.37. The van der Waals surface area contributed by atoms with Crippen LogP contribution in [0.15, 0.2) is 95.9 Å². The second kappa shape index (κ2) is 15.4. The van der Waals surface area contributed by atoms with Gasteiger partial charge in [-0.05, 0) is 82.1 Å². The molecule has 0 fully saturated rings. The van der Waals surface area contributed by atoms with Crippen LogP contribution < -0.4 is 14.4 Å². The summed E-state index contributed by atoms with van der Waals surface area (Å²) in [6.45, 7) is 8.42. The Kier molecular flexibility index (Phi) is 11.8. The van der Waals surface area contributed by atoms with E-state index in [2.05, 4.69) is 5.32 Å². The van der Waals surface area contributed by atoms with Crippen LogP contribution in [0, 0.1) is 13.8 Å². The number of carbonyl (C=O) groups is 2. The van der Waals surface area contributed by atoms with Crippen LogP contribution in [0.2, 0.25) is 10.0 Å². The Bertz CT molecular complexity index is 1840. The number of methoxy groups -OCH3 is 1. The largest absolute Gasteiger partial charge is 0.495 e. The first-order valence-electron chi connectivity index (χ1n) is 15.4. The zero-order valence-corrected chi connectivity index (χ0v) is 30.3. The second-order valence-electron chi connectivity index (χ2n) is 12.7. The summed E-state index contributed by atoms with van der Waals surface area (Å²) in [6.07, 6.45) is 0.148. The molecule has 1 unspecified atom stereocenters. The fourth-order valence-electron chi connectivity index (χ4n) is 5.21. The number of halogens is 2. The number of benzene rings is 4. The predicted octanol–water partition coefficient (Wildman–Crippen LogP) is 7.37. The lowest BCUT2D eigenvalue weighted by molar-refractivity contribution is -0.140. The lowest BCUT2D eigenvalue weighted by Crippen LogP contribution is -2.56. The van der Waals surface area contributed by atoms with Crippen molar-refractivity contribution in [3.8, 4) is 5.75 Å². The van der Waals surface area contributed by atoms with Crippen molar-refractivity contribution in [2.24, 2.45) is 0 Å². The molecule has 4 aromatic carbocycles. The fraction of sp³-hybridized carbons (Fsp3) is 0.297. The average molecular weight is 711 g/mol. The summed E-state index contributed by atoms with van der Waals surface area (Å²) < 4.78 is 35.4. The zero-order valence-electron chi connectivity index (χ0n) is 28.0. The van der Waals surface area contributed by atoms with E-state index in [1.165, 1.54) is 24.1 Å². The Morgan fingerprint density at radius 1 is 0.854 bits per heavy atom. The van der Waals surface area contributed by atoms with Gasteiger partial charge in [-0.25, -0.2) is 8.42 Å². The summed E-state index contributed by atoms with van der Waals surface area (Å²) in [5, 5.41) is 3.62. The van der Waals surface area contributed by atoms with Gasteiger partial charge in [0.1, 0.15) is 18.3 Å². The van der Waals surface area contributed by atoms with E-state index >= 15 is 0 Å². The molecule has 8 nitrogen and oxygen atoms in total. The lowest BCUT2D eigenvalue weighted by Gasteiger charge is -2.36. The predicted molar refractivity (Wildman–Crippen MR) is 192 cm³/mol. The van der Waals surface area contributed by atoms with E-state index in [1.54, 1.807) is 48.5 Å². The highest BCUT2D eigenvalue weighted by Crippen LogP contribution is 2.34. The van der Waals surface area contributed by atoms with Gasteiger partial charge in [-0.1, -0.05) is 83.4 Å². The number of rotatable bonds is 12. The number of anilines is 1. The quantitative estimate of drug-likeness (QED) is 0.166. The van der Waals surface area contributed by atoms with Crippen molar-refractivity contribution < 1.29 is 22.7 Å². The van der Waals surface area contributed by atoms with Gasteiger partial charge in [-0.2, -0.15) is 0 Å². The molecule has 1 N–H and O–H groups in total. The van der Waals surface area contributed by atoms with Gasteiger partial charge in [0.15, 0.2) is 0 Å². The van der Waals surface area contributed by atoms with Gasteiger partial charge in [0, 0.05) is 34.1 Å². The van der Waals surface area contributed by atoms with Crippen molar-refractivity contribution in [1.82, 2.24) is 10.2 Å². The van der Waals surface area contributed by atoms with Crippen LogP contribution >= 0.6 is 23.2 Å². The molecule has 0 aliphatic carbocycles. The zero-order chi connectivity index (χ0) is 35.2. The SMILES string of the molecule is COc1ccc(C)cc1N(CC(=O)N(Cc1c(Cl)cccc1Cl)C(Cc1ccccc1)C(=O)NC(C)(C)C)S(=O)(=O)c1ccc(C)cc1. The van der Waals surface area contributed by atoms with E-state index in [0.29, 0.717) is 15.6 Å². The molecule has 0 heterocycles. The molecule has 0 aliphatic rings. The van der Waals surface area contributed by atoms with Crippen molar-refractivity contribution in [2.75, 3.05) is 18.0 Å². The Labute approximate surface area is 293 Å². The fourth-order valence-corrected chi connectivity index (χ4v) is 7.14. The number of aryl methyl sites for hydroxylation is 2. The molecule has 0 spiro atoms. The summed E-state index contributed by atoms with van der Waals surface area (Å²) in [7, 11) is -2.88. The number of nitrogens with one attached hydrogen (secondary N) is 1. The highest BCUT2D eigenvalue weighted by molar-refractivity contribution is 7.92. The maximum atomic E-state index is 14.8. The number of hydrogen-bond donors (Lipinski definition) is 1. The third kappa shape index (κ3) is 9.09. The van der Waals surface area contributed by atoms with E-state index in [0.717, 1.165) is 21.0 Å². The molecule has 4 aromatic rings.